The number of nitrogens with one attached hydrogen (secondary N) is 1. The van der Waals surface area contributed by atoms with Gasteiger partial charge in [-0.1, -0.05) is 57.7 Å². The second-order valence-electron chi connectivity index (χ2n) is 7.10. The first-order valence-electron chi connectivity index (χ1n) is 10.4. The molecule has 148 valence electrons. The van der Waals surface area contributed by atoms with Crippen molar-refractivity contribution < 1.29 is 9.47 Å². The molecule has 2 aromatic rings. The van der Waals surface area contributed by atoms with Gasteiger partial charge in [0.2, 0.25) is 0 Å². The molecule has 0 radical (unpaired) electrons. The average molecular weight is 370 g/mol. The van der Waals surface area contributed by atoms with E-state index >= 15 is 0 Å². The van der Waals surface area contributed by atoms with Gasteiger partial charge < -0.3 is 14.8 Å². The summed E-state index contributed by atoms with van der Waals surface area (Å²) in [6.45, 7) is 8.02. The SMILES string of the molecule is CCCCCCCOc1cccc(NCC(C)Oc2ccc(CC)cc2)c1. The average Bonchev–Trinajstić information content (AvgIpc) is 2.70. The molecule has 1 atom stereocenters. The van der Waals surface area contributed by atoms with E-state index in [0.29, 0.717) is 0 Å². The lowest BCUT2D eigenvalue weighted by Gasteiger charge is -2.17. The van der Waals surface area contributed by atoms with E-state index in [4.69, 9.17) is 9.47 Å². The molecule has 2 aromatic carbocycles. The van der Waals surface area contributed by atoms with E-state index < -0.39 is 0 Å². The molecule has 0 aliphatic heterocycles. The van der Waals surface area contributed by atoms with Gasteiger partial charge in [0.15, 0.2) is 0 Å². The number of aryl methyl sites for hydroxylation is 1. The molecular formula is C24H35NO2. The van der Waals surface area contributed by atoms with Gasteiger partial charge in [-0.3, -0.25) is 0 Å². The Hall–Kier alpha value is -2.16. The molecule has 1 unspecified atom stereocenters. The largest absolute Gasteiger partial charge is 0.494 e. The van der Waals surface area contributed by atoms with Crippen molar-refractivity contribution in [3.8, 4) is 11.5 Å². The summed E-state index contributed by atoms with van der Waals surface area (Å²) in [5.41, 5.74) is 2.39. The summed E-state index contributed by atoms with van der Waals surface area (Å²) < 4.78 is 11.9. The number of rotatable bonds is 13. The van der Waals surface area contributed by atoms with E-state index in [0.717, 1.165) is 43.2 Å². The maximum atomic E-state index is 5.98. The van der Waals surface area contributed by atoms with Crippen LogP contribution >= 0.6 is 0 Å². The van der Waals surface area contributed by atoms with Crippen LogP contribution in [0.2, 0.25) is 0 Å². The predicted octanol–water partition coefficient (Wildman–Crippen LogP) is 6.48. The lowest BCUT2D eigenvalue weighted by molar-refractivity contribution is 0.234. The van der Waals surface area contributed by atoms with Crippen molar-refractivity contribution in [2.24, 2.45) is 0 Å². The number of unbranched alkanes of at least 4 members (excludes halogenated alkanes) is 4. The van der Waals surface area contributed by atoms with Gasteiger partial charge >= 0.3 is 0 Å². The van der Waals surface area contributed by atoms with Crippen molar-refractivity contribution in [2.75, 3.05) is 18.5 Å². The van der Waals surface area contributed by atoms with Crippen LogP contribution in [0.5, 0.6) is 11.5 Å². The lowest BCUT2D eigenvalue weighted by atomic mass is 10.2. The third-order valence-corrected chi connectivity index (χ3v) is 4.61. The van der Waals surface area contributed by atoms with Gasteiger partial charge in [-0.15, -0.1) is 0 Å². The molecule has 3 heteroatoms. The fraction of sp³-hybridized carbons (Fsp3) is 0.500. The molecule has 0 saturated heterocycles. The second kappa shape index (κ2) is 12.3. The van der Waals surface area contributed by atoms with Gasteiger partial charge in [0.25, 0.3) is 0 Å². The molecule has 0 aliphatic rings. The van der Waals surface area contributed by atoms with Crippen LogP contribution in [-0.2, 0) is 6.42 Å². The molecule has 3 nitrogen and oxygen atoms in total. The first-order valence-corrected chi connectivity index (χ1v) is 10.4. The Morgan fingerprint density at radius 2 is 1.67 bits per heavy atom. The number of anilines is 1. The Bertz CT molecular complexity index is 639. The normalized spacial score (nSPS) is 11.8. The van der Waals surface area contributed by atoms with Crippen molar-refractivity contribution in [3.05, 3.63) is 54.1 Å². The Morgan fingerprint density at radius 3 is 2.41 bits per heavy atom. The zero-order valence-electron chi connectivity index (χ0n) is 17.2. The number of hydrogen-bond donors (Lipinski definition) is 1. The monoisotopic (exact) mass is 369 g/mol. The van der Waals surface area contributed by atoms with Crippen LogP contribution in [0.1, 0.15) is 58.4 Å². The third kappa shape index (κ3) is 8.38. The summed E-state index contributed by atoms with van der Waals surface area (Å²) >= 11 is 0. The summed E-state index contributed by atoms with van der Waals surface area (Å²) in [7, 11) is 0. The fourth-order valence-electron chi connectivity index (χ4n) is 2.93. The summed E-state index contributed by atoms with van der Waals surface area (Å²) in [5.74, 6) is 1.85. The maximum Gasteiger partial charge on any atom is 0.121 e. The molecule has 0 aromatic heterocycles. The van der Waals surface area contributed by atoms with E-state index in [2.05, 4.69) is 50.4 Å². The fourth-order valence-corrected chi connectivity index (χ4v) is 2.93. The van der Waals surface area contributed by atoms with E-state index in [1.165, 1.54) is 31.2 Å². The molecular weight excluding hydrogens is 334 g/mol. The van der Waals surface area contributed by atoms with E-state index in [1.54, 1.807) is 0 Å². The van der Waals surface area contributed by atoms with E-state index in [1.807, 2.05) is 24.3 Å². The molecule has 0 bridgehead atoms. The van der Waals surface area contributed by atoms with Gasteiger partial charge in [-0.25, -0.2) is 0 Å². The minimum absolute atomic E-state index is 0.0839. The van der Waals surface area contributed by atoms with Crippen LogP contribution in [0.25, 0.3) is 0 Å². The van der Waals surface area contributed by atoms with Crippen molar-refractivity contribution in [3.63, 3.8) is 0 Å². The molecule has 0 saturated carbocycles. The van der Waals surface area contributed by atoms with Crippen molar-refractivity contribution in [1.29, 1.82) is 0 Å². The highest BCUT2D eigenvalue weighted by Crippen LogP contribution is 2.19. The standard InChI is InChI=1S/C24H35NO2/c1-4-6-7-8-9-17-26-24-12-10-11-22(18-24)25-19-20(3)27-23-15-13-21(5-2)14-16-23/h10-16,18,20,25H,4-9,17,19H2,1-3H3. The van der Waals surface area contributed by atoms with E-state index in [9.17, 15) is 0 Å². The smallest absolute Gasteiger partial charge is 0.121 e. The third-order valence-electron chi connectivity index (χ3n) is 4.61. The van der Waals surface area contributed by atoms with Crippen LogP contribution < -0.4 is 14.8 Å². The number of ether oxygens (including phenoxy) is 2. The summed E-state index contributed by atoms with van der Waals surface area (Å²) in [4.78, 5) is 0. The molecule has 0 fully saturated rings. The number of benzene rings is 2. The van der Waals surface area contributed by atoms with Crippen LogP contribution in [0.3, 0.4) is 0 Å². The maximum absolute atomic E-state index is 5.98. The molecule has 2 rings (SSSR count). The van der Waals surface area contributed by atoms with Crippen LogP contribution in [-0.4, -0.2) is 19.3 Å². The highest BCUT2D eigenvalue weighted by atomic mass is 16.5. The summed E-state index contributed by atoms with van der Waals surface area (Å²) in [5, 5.41) is 3.44. The molecule has 0 amide bonds. The molecule has 0 heterocycles. The minimum Gasteiger partial charge on any atom is -0.494 e. The Labute approximate surface area is 165 Å². The summed E-state index contributed by atoms with van der Waals surface area (Å²) in [6.07, 6.45) is 7.41. The second-order valence-corrected chi connectivity index (χ2v) is 7.10. The van der Waals surface area contributed by atoms with Crippen molar-refractivity contribution in [2.45, 2.75) is 65.4 Å². The van der Waals surface area contributed by atoms with Gasteiger partial charge in [0, 0.05) is 11.8 Å². The molecule has 1 N–H and O–H groups in total. The van der Waals surface area contributed by atoms with Gasteiger partial charge in [-0.05, 0) is 49.6 Å². The van der Waals surface area contributed by atoms with Crippen LogP contribution in [0.4, 0.5) is 5.69 Å². The highest BCUT2D eigenvalue weighted by molar-refractivity contribution is 5.48. The predicted molar refractivity (Wildman–Crippen MR) is 115 cm³/mol. The topological polar surface area (TPSA) is 30.5 Å². The Kier molecular flexibility index (Phi) is 9.61. The minimum atomic E-state index is 0.0839. The Balaban J connectivity index is 1.71. The molecule has 0 aliphatic carbocycles. The van der Waals surface area contributed by atoms with Gasteiger partial charge in [0.1, 0.15) is 17.6 Å². The van der Waals surface area contributed by atoms with Crippen molar-refractivity contribution >= 4 is 5.69 Å². The highest BCUT2D eigenvalue weighted by Gasteiger charge is 2.05. The van der Waals surface area contributed by atoms with Crippen LogP contribution in [0, 0.1) is 0 Å². The quantitative estimate of drug-likeness (QED) is 0.410. The van der Waals surface area contributed by atoms with Crippen LogP contribution in [0.15, 0.2) is 48.5 Å². The first-order chi connectivity index (χ1) is 13.2. The van der Waals surface area contributed by atoms with E-state index in [-0.39, 0.29) is 6.10 Å². The first kappa shape index (κ1) is 21.1. The molecule has 27 heavy (non-hydrogen) atoms. The molecule has 0 spiro atoms. The van der Waals surface area contributed by atoms with Crippen molar-refractivity contribution in [1.82, 2.24) is 0 Å². The lowest BCUT2D eigenvalue weighted by Crippen LogP contribution is -2.22. The van der Waals surface area contributed by atoms with Gasteiger partial charge in [0.05, 0.1) is 13.2 Å². The van der Waals surface area contributed by atoms with Gasteiger partial charge in [-0.2, -0.15) is 0 Å². The zero-order chi connectivity index (χ0) is 19.3. The zero-order valence-corrected chi connectivity index (χ0v) is 17.2. The summed E-state index contributed by atoms with van der Waals surface area (Å²) in [6, 6.07) is 16.5. The Morgan fingerprint density at radius 1 is 0.889 bits per heavy atom. The number of hydrogen-bond acceptors (Lipinski definition) is 3.